The van der Waals surface area contributed by atoms with Crippen molar-refractivity contribution in [1.29, 1.82) is 5.26 Å². The van der Waals surface area contributed by atoms with Gasteiger partial charge in [-0.05, 0) is 55.9 Å². The largest absolute Gasteiger partial charge is 0.493 e. The molecule has 2 aromatic rings. The lowest BCUT2D eigenvalue weighted by molar-refractivity contribution is 0.0665. The second-order valence-electron chi connectivity index (χ2n) is 8.01. The summed E-state index contributed by atoms with van der Waals surface area (Å²) in [6.07, 6.45) is 1.60. The zero-order chi connectivity index (χ0) is 19.7. The van der Waals surface area contributed by atoms with E-state index >= 15 is 0 Å². The van der Waals surface area contributed by atoms with Gasteiger partial charge in [-0.3, -0.25) is 0 Å². The van der Waals surface area contributed by atoms with Gasteiger partial charge in [0.15, 0.2) is 13.9 Å². The summed E-state index contributed by atoms with van der Waals surface area (Å²) in [7, 11) is 0.151. The van der Waals surface area contributed by atoms with Gasteiger partial charge in [-0.25, -0.2) is 0 Å². The van der Waals surface area contributed by atoms with Gasteiger partial charge < -0.3 is 14.1 Å². The molecule has 1 aliphatic rings. The number of benzene rings is 2. The summed E-state index contributed by atoms with van der Waals surface area (Å²) in [5.74, 6) is 0.746. The fraction of sp³-hybridized carbons (Fsp3) is 0.409. The van der Waals surface area contributed by atoms with Crippen molar-refractivity contribution in [1.82, 2.24) is 0 Å². The second-order valence-corrected chi connectivity index (χ2v) is 12.4. The molecular formula is C22H28N2O2Si. The van der Waals surface area contributed by atoms with Crippen molar-refractivity contribution in [2.24, 2.45) is 0 Å². The van der Waals surface area contributed by atoms with E-state index in [1.807, 2.05) is 25.2 Å². The minimum absolute atomic E-state index is 0.489. The highest BCUT2D eigenvalue weighted by atomic mass is 28.4. The molecule has 3 rings (SSSR count). The van der Waals surface area contributed by atoms with E-state index in [2.05, 4.69) is 61.8 Å². The highest BCUT2D eigenvalue weighted by molar-refractivity contribution is 6.69. The van der Waals surface area contributed by atoms with Crippen LogP contribution in [-0.2, 0) is 16.4 Å². The van der Waals surface area contributed by atoms with E-state index in [1.165, 1.54) is 5.56 Å². The van der Waals surface area contributed by atoms with Crippen LogP contribution in [0.25, 0.3) is 0 Å². The average molecular weight is 381 g/mol. The maximum Gasteiger partial charge on any atom is 0.186 e. The van der Waals surface area contributed by atoms with Crippen molar-refractivity contribution < 1.29 is 9.16 Å². The van der Waals surface area contributed by atoms with E-state index in [4.69, 9.17) is 9.16 Å². The Hall–Kier alpha value is -2.29. The van der Waals surface area contributed by atoms with Crippen LogP contribution in [0.15, 0.2) is 42.5 Å². The Balaban J connectivity index is 1.95. The predicted octanol–water partition coefficient (Wildman–Crippen LogP) is 5.37. The van der Waals surface area contributed by atoms with Crippen molar-refractivity contribution in [2.45, 2.75) is 45.0 Å². The number of fused-ring (bicyclic) bond motifs is 1. The maximum absolute atomic E-state index is 9.94. The Morgan fingerprint density at radius 2 is 1.81 bits per heavy atom. The summed E-state index contributed by atoms with van der Waals surface area (Å²) in [5.41, 5.74) is 3.41. The first-order chi connectivity index (χ1) is 12.8. The van der Waals surface area contributed by atoms with E-state index in [0.29, 0.717) is 13.0 Å². The van der Waals surface area contributed by atoms with E-state index in [-0.39, 0.29) is 0 Å². The summed E-state index contributed by atoms with van der Waals surface area (Å²) in [4.78, 5) is 2.13. The molecule has 1 unspecified atom stereocenters. The Morgan fingerprint density at radius 3 is 2.41 bits per heavy atom. The third-order valence-electron chi connectivity index (χ3n) is 4.89. The van der Waals surface area contributed by atoms with Crippen LogP contribution in [0.1, 0.15) is 24.5 Å². The molecule has 4 nitrogen and oxygen atoms in total. The highest BCUT2D eigenvalue weighted by Gasteiger charge is 2.42. The number of anilines is 2. The van der Waals surface area contributed by atoms with E-state index < -0.39 is 13.9 Å². The van der Waals surface area contributed by atoms with Crippen LogP contribution in [0.5, 0.6) is 5.75 Å². The third-order valence-corrected chi connectivity index (χ3v) is 5.85. The number of aryl methyl sites for hydroxylation is 1. The quantitative estimate of drug-likeness (QED) is 0.654. The summed E-state index contributed by atoms with van der Waals surface area (Å²) in [6.45, 7) is 8.99. The zero-order valence-corrected chi connectivity index (χ0v) is 17.9. The van der Waals surface area contributed by atoms with E-state index in [0.717, 1.165) is 29.1 Å². The summed E-state index contributed by atoms with van der Waals surface area (Å²) in [5, 5.41) is 9.94. The third kappa shape index (κ3) is 4.02. The van der Waals surface area contributed by atoms with Crippen LogP contribution >= 0.6 is 0 Å². The minimum Gasteiger partial charge on any atom is -0.493 e. The van der Waals surface area contributed by atoms with Gasteiger partial charge in [-0.1, -0.05) is 19.1 Å². The molecule has 0 fully saturated rings. The molecule has 0 saturated carbocycles. The van der Waals surface area contributed by atoms with Gasteiger partial charge in [0.25, 0.3) is 0 Å². The van der Waals surface area contributed by atoms with Crippen LogP contribution in [0.2, 0.25) is 19.6 Å². The topological polar surface area (TPSA) is 45.5 Å². The van der Waals surface area contributed by atoms with Gasteiger partial charge in [0.05, 0.1) is 6.61 Å². The molecule has 142 valence electrons. The molecule has 0 N–H and O–H groups in total. The molecule has 27 heavy (non-hydrogen) atoms. The minimum atomic E-state index is -1.89. The molecule has 1 aliphatic heterocycles. The standard InChI is InChI=1S/C22H28N2O2Si/c1-6-17-7-9-18(10-8-17)24(2)19-11-12-20-21(15-19)25-14-13-22(20,16-23)26-27(3,4)5/h7-12,15H,6,13-14H2,1-5H3. The lowest BCUT2D eigenvalue weighted by Crippen LogP contribution is -2.42. The van der Waals surface area contributed by atoms with Gasteiger partial charge in [0.1, 0.15) is 11.8 Å². The van der Waals surface area contributed by atoms with Crippen LogP contribution in [-0.4, -0.2) is 22.0 Å². The molecular weight excluding hydrogens is 352 g/mol. The van der Waals surface area contributed by atoms with Gasteiger partial charge in [-0.15, -0.1) is 0 Å². The maximum atomic E-state index is 9.94. The summed E-state index contributed by atoms with van der Waals surface area (Å²) in [6, 6.07) is 17.1. The number of hydrogen-bond acceptors (Lipinski definition) is 4. The number of nitriles is 1. The van der Waals surface area contributed by atoms with Gasteiger partial charge in [-0.2, -0.15) is 5.26 Å². The molecule has 5 heteroatoms. The first-order valence-electron chi connectivity index (χ1n) is 9.49. The van der Waals surface area contributed by atoms with E-state index in [9.17, 15) is 5.26 Å². The van der Waals surface area contributed by atoms with Crippen molar-refractivity contribution in [3.63, 3.8) is 0 Å². The Bertz CT molecular complexity index is 852. The van der Waals surface area contributed by atoms with Gasteiger partial charge >= 0.3 is 0 Å². The number of nitrogens with zero attached hydrogens (tertiary/aromatic N) is 2. The van der Waals surface area contributed by atoms with Crippen molar-refractivity contribution in [2.75, 3.05) is 18.6 Å². The predicted molar refractivity (Wildman–Crippen MR) is 112 cm³/mol. The first-order valence-corrected chi connectivity index (χ1v) is 12.9. The zero-order valence-electron chi connectivity index (χ0n) is 16.9. The van der Waals surface area contributed by atoms with Crippen LogP contribution < -0.4 is 9.64 Å². The molecule has 0 amide bonds. The fourth-order valence-corrected chi connectivity index (χ4v) is 4.79. The lowest BCUT2D eigenvalue weighted by Gasteiger charge is -2.38. The van der Waals surface area contributed by atoms with Gasteiger partial charge in [0, 0.05) is 36.5 Å². The normalized spacial score (nSPS) is 19.0. The monoisotopic (exact) mass is 380 g/mol. The molecule has 0 aliphatic carbocycles. The Labute approximate surface area is 163 Å². The molecule has 0 spiro atoms. The number of ether oxygens (including phenoxy) is 1. The molecule has 0 saturated heterocycles. The molecule has 2 aromatic carbocycles. The Morgan fingerprint density at radius 1 is 1.15 bits per heavy atom. The van der Waals surface area contributed by atoms with Crippen LogP contribution in [0, 0.1) is 11.3 Å². The van der Waals surface area contributed by atoms with Crippen LogP contribution in [0.3, 0.4) is 0 Å². The average Bonchev–Trinajstić information content (AvgIpc) is 2.66. The molecule has 0 aromatic heterocycles. The summed E-state index contributed by atoms with van der Waals surface area (Å²) >= 11 is 0. The molecule has 0 bridgehead atoms. The van der Waals surface area contributed by atoms with Crippen molar-refractivity contribution >= 4 is 19.7 Å². The van der Waals surface area contributed by atoms with Gasteiger partial charge in [0.2, 0.25) is 0 Å². The van der Waals surface area contributed by atoms with Crippen molar-refractivity contribution in [3.05, 3.63) is 53.6 Å². The van der Waals surface area contributed by atoms with E-state index in [1.54, 1.807) is 0 Å². The van der Waals surface area contributed by atoms with Crippen molar-refractivity contribution in [3.8, 4) is 11.8 Å². The lowest BCUT2D eigenvalue weighted by atomic mass is 9.89. The Kier molecular flexibility index (Phi) is 5.32. The number of rotatable bonds is 5. The second kappa shape index (κ2) is 7.38. The molecule has 0 radical (unpaired) electrons. The molecule has 1 heterocycles. The number of hydrogen-bond donors (Lipinski definition) is 0. The first kappa shape index (κ1) is 19.5. The SMILES string of the molecule is CCc1ccc(N(C)c2ccc3c(c2)OCCC3(C#N)O[Si](C)(C)C)cc1. The molecule has 1 atom stereocenters. The highest BCUT2D eigenvalue weighted by Crippen LogP contribution is 2.43. The fourth-order valence-electron chi connectivity index (χ4n) is 3.48. The van der Waals surface area contributed by atoms with Crippen LogP contribution in [0.4, 0.5) is 11.4 Å². The summed E-state index contributed by atoms with van der Waals surface area (Å²) < 4.78 is 12.3. The smallest absolute Gasteiger partial charge is 0.186 e.